The van der Waals surface area contributed by atoms with Gasteiger partial charge in [0, 0.05) is 5.69 Å². The lowest BCUT2D eigenvalue weighted by Crippen LogP contribution is -2.39. The van der Waals surface area contributed by atoms with Gasteiger partial charge in [0.2, 0.25) is 0 Å². The largest absolute Gasteiger partial charge is 0.394 e. The van der Waals surface area contributed by atoms with Crippen LogP contribution in [-0.4, -0.2) is 33.6 Å². The quantitative estimate of drug-likeness (QED) is 0.793. The van der Waals surface area contributed by atoms with Crippen LogP contribution < -0.4 is 10.6 Å². The van der Waals surface area contributed by atoms with Crippen LogP contribution in [0.15, 0.2) is 30.3 Å². The first kappa shape index (κ1) is 16.0. The van der Waals surface area contributed by atoms with Crippen molar-refractivity contribution in [2.24, 2.45) is 0 Å². The number of rotatable bonds is 5. The lowest BCUT2D eigenvalue weighted by atomic mass is 10.2. The average Bonchev–Trinajstić information content (AvgIpc) is 2.84. The Balaban J connectivity index is 2.22. The lowest BCUT2D eigenvalue weighted by Gasteiger charge is -2.16. The summed E-state index contributed by atoms with van der Waals surface area (Å²) in [6.07, 6.45) is 0.670. The van der Waals surface area contributed by atoms with E-state index in [1.165, 1.54) is 0 Å². The molecule has 6 heteroatoms. The molecule has 118 valence electrons. The highest BCUT2D eigenvalue weighted by molar-refractivity contribution is 5.91. The predicted octanol–water partition coefficient (Wildman–Crippen LogP) is 2.38. The number of benzene rings is 1. The van der Waals surface area contributed by atoms with Gasteiger partial charge in [-0.2, -0.15) is 5.10 Å². The number of hydrogen-bond acceptors (Lipinski definition) is 3. The van der Waals surface area contributed by atoms with Crippen molar-refractivity contribution in [2.75, 3.05) is 11.9 Å². The highest BCUT2D eigenvalue weighted by atomic mass is 16.3. The summed E-state index contributed by atoms with van der Waals surface area (Å²) in [5, 5.41) is 19.2. The van der Waals surface area contributed by atoms with Crippen LogP contribution in [0.1, 0.15) is 24.7 Å². The van der Waals surface area contributed by atoms with Crippen LogP contribution in [0.4, 0.5) is 10.5 Å². The predicted molar refractivity (Wildman–Crippen MR) is 86.4 cm³/mol. The number of carbonyl (C=O) groups excluding carboxylic acids is 1. The van der Waals surface area contributed by atoms with Gasteiger partial charge in [0.15, 0.2) is 0 Å². The Morgan fingerprint density at radius 3 is 2.68 bits per heavy atom. The molecule has 1 unspecified atom stereocenters. The van der Waals surface area contributed by atoms with Crippen molar-refractivity contribution < 1.29 is 9.90 Å². The van der Waals surface area contributed by atoms with Gasteiger partial charge in [-0.25, -0.2) is 9.48 Å². The number of nitrogens with one attached hydrogen (secondary N) is 2. The number of carbonyl (C=O) groups is 1. The van der Waals surface area contributed by atoms with Crippen molar-refractivity contribution in [3.8, 4) is 5.69 Å². The molecule has 0 spiro atoms. The summed E-state index contributed by atoms with van der Waals surface area (Å²) < 4.78 is 1.80. The minimum atomic E-state index is -0.338. The molecule has 0 fully saturated rings. The highest BCUT2D eigenvalue weighted by Crippen LogP contribution is 2.21. The maximum Gasteiger partial charge on any atom is 0.319 e. The second kappa shape index (κ2) is 7.09. The molecule has 2 rings (SSSR count). The Morgan fingerprint density at radius 1 is 1.36 bits per heavy atom. The Hall–Kier alpha value is -2.34. The lowest BCUT2D eigenvalue weighted by molar-refractivity contribution is 0.222. The van der Waals surface area contributed by atoms with Gasteiger partial charge in [0.25, 0.3) is 0 Å². The number of para-hydroxylation sites is 2. The first-order valence-electron chi connectivity index (χ1n) is 7.36. The van der Waals surface area contributed by atoms with E-state index in [1.54, 1.807) is 4.68 Å². The van der Waals surface area contributed by atoms with Gasteiger partial charge in [0.05, 0.1) is 29.7 Å². The fourth-order valence-corrected chi connectivity index (χ4v) is 2.26. The van der Waals surface area contributed by atoms with Crippen LogP contribution in [0.3, 0.4) is 0 Å². The highest BCUT2D eigenvalue weighted by Gasteiger charge is 2.13. The molecule has 1 aromatic carbocycles. The molecule has 0 saturated heterocycles. The van der Waals surface area contributed by atoms with E-state index in [0.29, 0.717) is 12.1 Å². The molecular formula is C16H22N4O2. The van der Waals surface area contributed by atoms with Crippen molar-refractivity contribution in [2.45, 2.75) is 33.2 Å². The summed E-state index contributed by atoms with van der Waals surface area (Å²) in [4.78, 5) is 12.1. The van der Waals surface area contributed by atoms with Gasteiger partial charge < -0.3 is 15.7 Å². The van der Waals surface area contributed by atoms with Crippen molar-refractivity contribution in [1.29, 1.82) is 0 Å². The van der Waals surface area contributed by atoms with Gasteiger partial charge in [-0.05, 0) is 38.5 Å². The molecule has 3 N–H and O–H groups in total. The summed E-state index contributed by atoms with van der Waals surface area (Å²) in [6.45, 7) is 5.73. The summed E-state index contributed by atoms with van der Waals surface area (Å²) in [6, 6.07) is 8.88. The molecule has 0 saturated carbocycles. The number of anilines is 1. The van der Waals surface area contributed by atoms with Crippen molar-refractivity contribution in [3.05, 3.63) is 41.7 Å². The van der Waals surface area contributed by atoms with Crippen LogP contribution in [0.25, 0.3) is 5.69 Å². The summed E-state index contributed by atoms with van der Waals surface area (Å²) >= 11 is 0. The molecule has 1 heterocycles. The SMILES string of the molecule is CCC(CO)NC(=O)Nc1ccccc1-n1nc(C)cc1C. The number of aromatic nitrogens is 2. The molecule has 1 aromatic heterocycles. The first-order valence-corrected chi connectivity index (χ1v) is 7.36. The zero-order valence-electron chi connectivity index (χ0n) is 13.1. The number of amides is 2. The van der Waals surface area contributed by atoms with E-state index in [-0.39, 0.29) is 18.7 Å². The van der Waals surface area contributed by atoms with Crippen LogP contribution in [-0.2, 0) is 0 Å². The number of urea groups is 1. The summed E-state index contributed by atoms with van der Waals surface area (Å²) in [5.41, 5.74) is 3.39. The molecule has 2 amide bonds. The molecule has 0 aliphatic carbocycles. The van der Waals surface area contributed by atoms with Crippen molar-refractivity contribution in [1.82, 2.24) is 15.1 Å². The Kier molecular flexibility index (Phi) is 5.16. The second-order valence-electron chi connectivity index (χ2n) is 5.24. The molecule has 2 aromatic rings. The Bertz CT molecular complexity index is 647. The molecule has 6 nitrogen and oxygen atoms in total. The van der Waals surface area contributed by atoms with E-state index in [9.17, 15) is 4.79 Å². The van der Waals surface area contributed by atoms with E-state index >= 15 is 0 Å². The van der Waals surface area contributed by atoms with Crippen LogP contribution in [0.5, 0.6) is 0 Å². The molecule has 1 atom stereocenters. The van der Waals surface area contributed by atoms with Gasteiger partial charge in [0.1, 0.15) is 0 Å². The molecule has 0 aliphatic rings. The van der Waals surface area contributed by atoms with Gasteiger partial charge >= 0.3 is 6.03 Å². The van der Waals surface area contributed by atoms with E-state index in [4.69, 9.17) is 5.11 Å². The number of aryl methyl sites for hydroxylation is 2. The third-order valence-corrected chi connectivity index (χ3v) is 3.44. The minimum absolute atomic E-state index is 0.0803. The number of aliphatic hydroxyl groups excluding tert-OH is 1. The van der Waals surface area contributed by atoms with Crippen molar-refractivity contribution >= 4 is 11.7 Å². The Morgan fingerprint density at radius 2 is 2.09 bits per heavy atom. The number of hydrogen-bond donors (Lipinski definition) is 3. The van der Waals surface area contributed by atoms with E-state index < -0.39 is 0 Å². The van der Waals surface area contributed by atoms with Gasteiger partial charge in [-0.15, -0.1) is 0 Å². The summed E-state index contributed by atoms with van der Waals surface area (Å²) in [5.74, 6) is 0. The Labute approximate surface area is 130 Å². The van der Waals surface area contributed by atoms with Crippen LogP contribution in [0, 0.1) is 13.8 Å². The first-order chi connectivity index (χ1) is 10.5. The molecule has 0 bridgehead atoms. The monoisotopic (exact) mass is 302 g/mol. The fraction of sp³-hybridized carbons (Fsp3) is 0.375. The zero-order chi connectivity index (χ0) is 16.1. The third kappa shape index (κ3) is 3.65. The number of nitrogens with zero attached hydrogens (tertiary/aromatic N) is 2. The smallest absolute Gasteiger partial charge is 0.319 e. The molecule has 22 heavy (non-hydrogen) atoms. The van der Waals surface area contributed by atoms with E-state index in [2.05, 4.69) is 15.7 Å². The standard InChI is InChI=1S/C16H22N4O2/c1-4-13(10-21)17-16(22)18-14-7-5-6-8-15(14)20-12(3)9-11(2)19-20/h5-9,13,21H,4,10H2,1-3H3,(H2,17,18,22). The second-order valence-corrected chi connectivity index (χ2v) is 5.24. The topological polar surface area (TPSA) is 79.2 Å². The minimum Gasteiger partial charge on any atom is -0.394 e. The number of aliphatic hydroxyl groups is 1. The average molecular weight is 302 g/mol. The molecule has 0 aliphatic heterocycles. The maximum absolute atomic E-state index is 12.1. The maximum atomic E-state index is 12.1. The van der Waals surface area contributed by atoms with Crippen molar-refractivity contribution in [3.63, 3.8) is 0 Å². The van der Waals surface area contributed by atoms with Crippen LogP contribution in [0.2, 0.25) is 0 Å². The van der Waals surface area contributed by atoms with Gasteiger partial charge in [-0.3, -0.25) is 0 Å². The molecular weight excluding hydrogens is 280 g/mol. The fourth-order valence-electron chi connectivity index (χ4n) is 2.26. The van der Waals surface area contributed by atoms with E-state index in [0.717, 1.165) is 17.1 Å². The third-order valence-electron chi connectivity index (χ3n) is 3.44. The van der Waals surface area contributed by atoms with E-state index in [1.807, 2.05) is 51.1 Å². The zero-order valence-corrected chi connectivity index (χ0v) is 13.1. The van der Waals surface area contributed by atoms with Gasteiger partial charge in [-0.1, -0.05) is 19.1 Å². The molecule has 0 radical (unpaired) electrons. The normalized spacial score (nSPS) is 12.0. The van der Waals surface area contributed by atoms with Crippen LogP contribution >= 0.6 is 0 Å². The summed E-state index contributed by atoms with van der Waals surface area (Å²) in [7, 11) is 0.